The zero-order valence-electron chi connectivity index (χ0n) is 19.4. The molecule has 176 valence electrons. The van der Waals surface area contributed by atoms with Crippen molar-refractivity contribution in [2.45, 2.75) is 51.9 Å². The number of carbonyl (C=O) groups excluding carboxylic acids is 1. The lowest BCUT2D eigenvalue weighted by Gasteiger charge is -2.23. The summed E-state index contributed by atoms with van der Waals surface area (Å²) in [5.74, 6) is 2.87. The molecule has 1 aliphatic carbocycles. The molecule has 2 fully saturated rings. The average Bonchev–Trinajstić information content (AvgIpc) is 2.87. The Balaban J connectivity index is 1.53. The lowest BCUT2D eigenvalue weighted by Crippen LogP contribution is -2.32. The van der Waals surface area contributed by atoms with E-state index in [1.54, 1.807) is 12.4 Å². The monoisotopic (exact) mass is 450 g/mol. The van der Waals surface area contributed by atoms with Crippen LogP contribution < -0.4 is 10.6 Å². The van der Waals surface area contributed by atoms with Crippen molar-refractivity contribution >= 4 is 23.6 Å². The number of nitrogens with zero attached hydrogens (tertiary/aromatic N) is 4. The Hall–Kier alpha value is -2.87. The number of amidine groups is 1. The number of rotatable bonds is 8. The first-order chi connectivity index (χ1) is 16.2. The summed E-state index contributed by atoms with van der Waals surface area (Å²) in [5, 5.41) is 6.74. The van der Waals surface area contributed by atoms with Crippen LogP contribution in [-0.2, 0) is 9.53 Å². The predicted octanol–water partition coefficient (Wildman–Crippen LogP) is 4.08. The van der Waals surface area contributed by atoms with Gasteiger partial charge in [0.05, 0.1) is 5.69 Å². The Morgan fingerprint density at radius 2 is 1.79 bits per heavy atom. The molecular formula is C25H34N6O2. The van der Waals surface area contributed by atoms with Gasteiger partial charge in [-0.1, -0.05) is 19.3 Å². The van der Waals surface area contributed by atoms with E-state index in [4.69, 9.17) is 9.72 Å². The van der Waals surface area contributed by atoms with Crippen molar-refractivity contribution < 1.29 is 9.53 Å². The number of aromatic nitrogens is 3. The molecule has 0 atom stereocenters. The van der Waals surface area contributed by atoms with Gasteiger partial charge in [-0.15, -0.1) is 0 Å². The van der Waals surface area contributed by atoms with E-state index in [0.717, 1.165) is 62.5 Å². The molecular weight excluding hydrogens is 416 g/mol. The molecule has 2 N–H and O–H groups in total. The maximum atomic E-state index is 11.7. The molecule has 0 unspecified atom stereocenters. The van der Waals surface area contributed by atoms with E-state index in [2.05, 4.69) is 25.6 Å². The van der Waals surface area contributed by atoms with Crippen LogP contribution in [-0.4, -0.2) is 53.4 Å². The highest BCUT2D eigenvalue weighted by molar-refractivity contribution is 6.27. The molecule has 33 heavy (non-hydrogen) atoms. The van der Waals surface area contributed by atoms with E-state index in [1.165, 1.54) is 32.1 Å². The minimum atomic E-state index is 0.329. The molecule has 0 spiro atoms. The second-order valence-electron chi connectivity index (χ2n) is 9.02. The van der Waals surface area contributed by atoms with Crippen molar-refractivity contribution in [1.29, 1.82) is 0 Å². The number of aldehydes is 1. The molecule has 8 heteroatoms. The summed E-state index contributed by atoms with van der Waals surface area (Å²) < 4.78 is 5.42. The second kappa shape index (κ2) is 11.8. The third-order valence-electron chi connectivity index (χ3n) is 6.50. The molecule has 4 rings (SSSR count). The van der Waals surface area contributed by atoms with E-state index in [-0.39, 0.29) is 0 Å². The van der Waals surface area contributed by atoms with Crippen molar-refractivity contribution in [1.82, 2.24) is 20.3 Å². The van der Waals surface area contributed by atoms with Gasteiger partial charge >= 0.3 is 0 Å². The van der Waals surface area contributed by atoms with Gasteiger partial charge in [0, 0.05) is 44.3 Å². The fraction of sp³-hybridized carbons (Fsp3) is 0.560. The lowest BCUT2D eigenvalue weighted by atomic mass is 9.89. The van der Waals surface area contributed by atoms with Crippen LogP contribution in [0.5, 0.6) is 0 Å². The topological polar surface area (TPSA) is 101 Å². The van der Waals surface area contributed by atoms with Crippen molar-refractivity contribution in [3.05, 3.63) is 30.4 Å². The summed E-state index contributed by atoms with van der Waals surface area (Å²) in [6, 6.07) is 3.81. The van der Waals surface area contributed by atoms with Gasteiger partial charge in [-0.2, -0.15) is 0 Å². The Kier molecular flexibility index (Phi) is 8.35. The number of anilines is 1. The summed E-state index contributed by atoms with van der Waals surface area (Å²) in [7, 11) is 0. The molecule has 3 heterocycles. The number of aryl methyl sites for hydroxylation is 1. The third kappa shape index (κ3) is 6.81. The summed E-state index contributed by atoms with van der Waals surface area (Å²) in [6.07, 6.45) is 12.7. The van der Waals surface area contributed by atoms with Crippen LogP contribution >= 0.6 is 0 Å². The zero-order chi connectivity index (χ0) is 22.9. The summed E-state index contributed by atoms with van der Waals surface area (Å²) >= 11 is 0. The first-order valence-electron chi connectivity index (χ1n) is 12.1. The van der Waals surface area contributed by atoms with Crippen molar-refractivity contribution in [2.24, 2.45) is 16.8 Å². The molecule has 0 radical (unpaired) electrons. The first kappa shape index (κ1) is 23.3. The quantitative estimate of drug-likeness (QED) is 0.355. The Bertz CT molecular complexity index is 934. The molecule has 1 saturated carbocycles. The van der Waals surface area contributed by atoms with Crippen LogP contribution in [0.2, 0.25) is 0 Å². The van der Waals surface area contributed by atoms with Crippen LogP contribution in [0, 0.1) is 18.8 Å². The Morgan fingerprint density at radius 3 is 2.52 bits per heavy atom. The van der Waals surface area contributed by atoms with Crippen LogP contribution in [0.25, 0.3) is 11.3 Å². The van der Waals surface area contributed by atoms with Crippen LogP contribution in [0.1, 0.15) is 50.8 Å². The highest BCUT2D eigenvalue weighted by Crippen LogP contribution is 2.29. The van der Waals surface area contributed by atoms with E-state index in [0.29, 0.717) is 29.2 Å². The van der Waals surface area contributed by atoms with E-state index in [1.807, 2.05) is 19.1 Å². The number of aliphatic imine (C=N–C) groups is 1. The predicted molar refractivity (Wildman–Crippen MR) is 130 cm³/mol. The Labute approximate surface area is 195 Å². The molecule has 0 amide bonds. The van der Waals surface area contributed by atoms with Crippen LogP contribution in [0.3, 0.4) is 0 Å². The molecule has 2 aliphatic rings. The van der Waals surface area contributed by atoms with Gasteiger partial charge in [-0.05, 0) is 56.6 Å². The molecule has 1 saturated heterocycles. The van der Waals surface area contributed by atoms with Gasteiger partial charge in [0.25, 0.3) is 0 Å². The minimum Gasteiger partial charge on any atom is -0.381 e. The van der Waals surface area contributed by atoms with E-state index in [9.17, 15) is 4.79 Å². The van der Waals surface area contributed by atoms with Gasteiger partial charge in [-0.3, -0.25) is 4.79 Å². The maximum absolute atomic E-state index is 11.7. The third-order valence-corrected chi connectivity index (χ3v) is 6.50. The van der Waals surface area contributed by atoms with Crippen molar-refractivity contribution in [2.75, 3.05) is 31.6 Å². The molecule has 1 aliphatic heterocycles. The Morgan fingerprint density at radius 1 is 1.06 bits per heavy atom. The average molecular weight is 451 g/mol. The van der Waals surface area contributed by atoms with Crippen molar-refractivity contribution in [3.8, 4) is 11.3 Å². The molecule has 8 nitrogen and oxygen atoms in total. The van der Waals surface area contributed by atoms with E-state index >= 15 is 0 Å². The van der Waals surface area contributed by atoms with Gasteiger partial charge in [0.15, 0.2) is 17.9 Å². The van der Waals surface area contributed by atoms with Crippen LogP contribution in [0.4, 0.5) is 11.5 Å². The number of nitrogens with one attached hydrogen (secondary N) is 2. The number of carbonyl (C=O) groups is 1. The number of hydrogen-bond donors (Lipinski definition) is 2. The fourth-order valence-corrected chi connectivity index (χ4v) is 4.43. The number of pyridine rings is 1. The normalized spacial score (nSPS) is 18.2. The standard InChI is InChI=1S/C25H34N6O2/c1-18-26-15-21(16-27-18)22-7-8-23(25(31-22)29-14-19-5-3-2-4-6-19)30-24(17-32)28-13-20-9-11-33-12-10-20/h7-8,15-17,19-20H,2-6,9-14H2,1H3,(H,28,30)(H,29,31). The number of hydrogen-bond acceptors (Lipinski definition) is 7. The van der Waals surface area contributed by atoms with Crippen LogP contribution in [0.15, 0.2) is 29.5 Å². The van der Waals surface area contributed by atoms with Gasteiger partial charge < -0.3 is 15.4 Å². The lowest BCUT2D eigenvalue weighted by molar-refractivity contribution is -0.102. The molecule has 2 aromatic heterocycles. The summed E-state index contributed by atoms with van der Waals surface area (Å²) in [4.78, 5) is 29.8. The highest BCUT2D eigenvalue weighted by Gasteiger charge is 2.17. The molecule has 2 aromatic rings. The molecule has 0 aromatic carbocycles. The minimum absolute atomic E-state index is 0.329. The number of ether oxygens (including phenoxy) is 1. The SMILES string of the molecule is Cc1ncc(-c2ccc(/N=C(\C=O)NCC3CCOCC3)c(NCC3CCCCC3)n2)cn1. The highest BCUT2D eigenvalue weighted by atomic mass is 16.5. The van der Waals surface area contributed by atoms with Gasteiger partial charge in [0.1, 0.15) is 11.5 Å². The van der Waals surface area contributed by atoms with Crippen molar-refractivity contribution in [3.63, 3.8) is 0 Å². The van der Waals surface area contributed by atoms with Gasteiger partial charge in [0.2, 0.25) is 0 Å². The summed E-state index contributed by atoms with van der Waals surface area (Å²) in [5.41, 5.74) is 2.29. The smallest absolute Gasteiger partial charge is 0.185 e. The largest absolute Gasteiger partial charge is 0.381 e. The first-order valence-corrected chi connectivity index (χ1v) is 12.1. The fourth-order valence-electron chi connectivity index (χ4n) is 4.43. The maximum Gasteiger partial charge on any atom is 0.185 e. The molecule has 0 bridgehead atoms. The second-order valence-corrected chi connectivity index (χ2v) is 9.02. The van der Waals surface area contributed by atoms with E-state index < -0.39 is 0 Å². The summed E-state index contributed by atoms with van der Waals surface area (Å²) in [6.45, 7) is 5.00. The zero-order valence-corrected chi connectivity index (χ0v) is 19.4. The van der Waals surface area contributed by atoms with Gasteiger partial charge in [-0.25, -0.2) is 19.9 Å².